The van der Waals surface area contributed by atoms with Crippen LogP contribution in [0.2, 0.25) is 5.02 Å². The molecule has 10 heteroatoms. The summed E-state index contributed by atoms with van der Waals surface area (Å²) in [5, 5.41) is 11.1. The van der Waals surface area contributed by atoms with Gasteiger partial charge in [-0.2, -0.15) is 4.99 Å². The molecule has 0 radical (unpaired) electrons. The molecule has 0 saturated carbocycles. The molecule has 0 aliphatic carbocycles. The van der Waals surface area contributed by atoms with Gasteiger partial charge < -0.3 is 9.30 Å². The Morgan fingerprint density at radius 3 is 2.66 bits per heavy atom. The third-order valence-electron chi connectivity index (χ3n) is 3.89. The number of para-hydroxylation sites is 1. The summed E-state index contributed by atoms with van der Waals surface area (Å²) in [6.45, 7) is -0.140. The Morgan fingerprint density at radius 1 is 1.28 bits per heavy atom. The van der Waals surface area contributed by atoms with Crippen molar-refractivity contribution in [3.05, 3.63) is 74.0 Å². The summed E-state index contributed by atoms with van der Waals surface area (Å²) < 4.78 is 7.02. The standard InChI is InChI=1S/C19H14ClN3O5S/c1-28-17(25)11-22-18-14(20)3-2-4-15(18)29-19(22)21-16(24)10-7-12-5-8-13(9-6-12)23(26)27/h2-10H,11H2,1H3/b10-7-,21-19?. The number of halogens is 1. The summed E-state index contributed by atoms with van der Waals surface area (Å²) in [6.07, 6.45) is 2.75. The van der Waals surface area contributed by atoms with Crippen LogP contribution in [0.5, 0.6) is 0 Å². The van der Waals surface area contributed by atoms with Gasteiger partial charge >= 0.3 is 5.97 Å². The molecule has 0 saturated heterocycles. The van der Waals surface area contributed by atoms with E-state index in [0.29, 0.717) is 20.9 Å². The van der Waals surface area contributed by atoms with Crippen molar-refractivity contribution in [1.29, 1.82) is 0 Å². The van der Waals surface area contributed by atoms with Gasteiger partial charge in [0.25, 0.3) is 11.6 Å². The Hall–Kier alpha value is -3.30. The first-order chi connectivity index (χ1) is 13.9. The van der Waals surface area contributed by atoms with E-state index in [9.17, 15) is 19.7 Å². The fourth-order valence-electron chi connectivity index (χ4n) is 2.52. The van der Waals surface area contributed by atoms with Crippen LogP contribution in [0.4, 0.5) is 5.69 Å². The van der Waals surface area contributed by atoms with Gasteiger partial charge in [0.1, 0.15) is 6.54 Å². The van der Waals surface area contributed by atoms with Crippen molar-refractivity contribution < 1.29 is 19.2 Å². The van der Waals surface area contributed by atoms with Crippen molar-refractivity contribution in [2.45, 2.75) is 6.54 Å². The number of amides is 1. The molecule has 0 unspecified atom stereocenters. The molecule has 2 aromatic carbocycles. The third-order valence-corrected chi connectivity index (χ3v) is 5.24. The monoisotopic (exact) mass is 431 g/mol. The summed E-state index contributed by atoms with van der Waals surface area (Å²) in [5.74, 6) is -1.05. The number of non-ortho nitro benzene ring substituents is 1. The lowest BCUT2D eigenvalue weighted by molar-refractivity contribution is -0.384. The molecule has 3 rings (SSSR count). The van der Waals surface area contributed by atoms with Crippen LogP contribution in [-0.2, 0) is 20.9 Å². The van der Waals surface area contributed by atoms with Crippen LogP contribution in [0.15, 0.2) is 53.5 Å². The number of hydrogen-bond donors (Lipinski definition) is 0. The maximum Gasteiger partial charge on any atom is 0.325 e. The fraction of sp³-hybridized carbons (Fsp3) is 0.105. The van der Waals surface area contributed by atoms with Gasteiger partial charge in [-0.25, -0.2) is 0 Å². The number of nitro benzene ring substituents is 1. The molecule has 0 N–H and O–H groups in total. The zero-order chi connectivity index (χ0) is 21.0. The molecular formula is C19H14ClN3O5S. The van der Waals surface area contributed by atoms with Gasteiger partial charge in [0.05, 0.1) is 27.3 Å². The number of benzene rings is 2. The Kier molecular flexibility index (Phi) is 6.20. The average molecular weight is 432 g/mol. The summed E-state index contributed by atoms with van der Waals surface area (Å²) >= 11 is 7.48. The maximum atomic E-state index is 12.3. The van der Waals surface area contributed by atoms with Gasteiger partial charge in [-0.3, -0.25) is 19.7 Å². The molecule has 3 aromatic rings. The molecule has 1 aromatic heterocycles. The smallest absolute Gasteiger partial charge is 0.325 e. The minimum absolute atomic E-state index is 0.0378. The first-order valence-electron chi connectivity index (χ1n) is 8.25. The van der Waals surface area contributed by atoms with E-state index in [0.717, 1.165) is 4.70 Å². The highest BCUT2D eigenvalue weighted by Gasteiger charge is 2.13. The van der Waals surface area contributed by atoms with Crippen LogP contribution in [0.1, 0.15) is 5.56 Å². The molecule has 1 amide bonds. The Morgan fingerprint density at radius 2 is 2.00 bits per heavy atom. The number of nitro groups is 1. The van der Waals surface area contributed by atoms with E-state index < -0.39 is 16.8 Å². The second-order valence-electron chi connectivity index (χ2n) is 5.77. The number of aromatic nitrogens is 1. The van der Waals surface area contributed by atoms with Crippen molar-refractivity contribution in [2.75, 3.05) is 7.11 Å². The minimum Gasteiger partial charge on any atom is -0.468 e. The number of methoxy groups -OCH3 is 1. The lowest BCUT2D eigenvalue weighted by Crippen LogP contribution is -2.22. The quantitative estimate of drug-likeness (QED) is 0.266. The molecule has 1 heterocycles. The molecule has 0 fully saturated rings. The van der Waals surface area contributed by atoms with Gasteiger partial charge in [0.2, 0.25) is 0 Å². The fourth-order valence-corrected chi connectivity index (χ4v) is 3.91. The first-order valence-corrected chi connectivity index (χ1v) is 9.44. The van der Waals surface area contributed by atoms with E-state index in [1.165, 1.54) is 59.4 Å². The third kappa shape index (κ3) is 4.76. The number of rotatable bonds is 5. The molecule has 0 spiro atoms. The molecule has 29 heavy (non-hydrogen) atoms. The number of thiazole rings is 1. The van der Waals surface area contributed by atoms with E-state index in [-0.39, 0.29) is 12.2 Å². The van der Waals surface area contributed by atoms with E-state index in [1.807, 2.05) is 6.07 Å². The normalized spacial score (nSPS) is 11.9. The van der Waals surface area contributed by atoms with E-state index >= 15 is 0 Å². The van der Waals surface area contributed by atoms with Crippen molar-refractivity contribution in [3.63, 3.8) is 0 Å². The lowest BCUT2D eigenvalue weighted by Gasteiger charge is -2.04. The molecule has 0 aliphatic heterocycles. The van der Waals surface area contributed by atoms with Gasteiger partial charge in [0.15, 0.2) is 4.80 Å². The summed E-state index contributed by atoms with van der Waals surface area (Å²) in [7, 11) is 1.27. The van der Waals surface area contributed by atoms with Gasteiger partial charge in [-0.05, 0) is 35.9 Å². The average Bonchev–Trinajstić information content (AvgIpc) is 3.04. The highest BCUT2D eigenvalue weighted by atomic mass is 35.5. The van der Waals surface area contributed by atoms with Crippen LogP contribution >= 0.6 is 22.9 Å². The van der Waals surface area contributed by atoms with Gasteiger partial charge in [-0.15, -0.1) is 0 Å². The Bertz CT molecular complexity index is 1190. The number of fused-ring (bicyclic) bond motifs is 1. The molecule has 8 nitrogen and oxygen atoms in total. The topological polar surface area (TPSA) is 104 Å². The van der Waals surface area contributed by atoms with E-state index in [2.05, 4.69) is 4.99 Å². The molecule has 0 bridgehead atoms. The second kappa shape index (κ2) is 8.80. The molecule has 148 valence electrons. The van der Waals surface area contributed by atoms with Crippen LogP contribution in [0.3, 0.4) is 0 Å². The van der Waals surface area contributed by atoms with Crippen LogP contribution in [0, 0.1) is 10.1 Å². The van der Waals surface area contributed by atoms with Crippen molar-refractivity contribution in [1.82, 2.24) is 4.57 Å². The summed E-state index contributed by atoms with van der Waals surface area (Å²) in [5.41, 5.74) is 1.17. The maximum absolute atomic E-state index is 12.3. The largest absolute Gasteiger partial charge is 0.468 e. The molecule has 0 aliphatic rings. The first kappa shape index (κ1) is 20.4. The highest BCUT2D eigenvalue weighted by molar-refractivity contribution is 7.16. The Labute approximate surface area is 173 Å². The second-order valence-corrected chi connectivity index (χ2v) is 7.18. The SMILES string of the molecule is COC(=O)Cn1c(=NC(=O)/C=C\c2ccc([N+](=O)[O-])cc2)sc2cccc(Cl)c21. The van der Waals surface area contributed by atoms with Crippen LogP contribution in [-0.4, -0.2) is 28.5 Å². The van der Waals surface area contributed by atoms with Crippen LogP contribution in [0.25, 0.3) is 16.3 Å². The zero-order valence-corrected chi connectivity index (χ0v) is 16.6. The number of nitrogens with zero attached hydrogens (tertiary/aromatic N) is 3. The van der Waals surface area contributed by atoms with Crippen molar-refractivity contribution >= 4 is 56.8 Å². The van der Waals surface area contributed by atoms with Crippen LogP contribution < -0.4 is 4.80 Å². The van der Waals surface area contributed by atoms with Gasteiger partial charge in [0, 0.05) is 18.2 Å². The number of ether oxygens (including phenoxy) is 1. The predicted octanol–water partition coefficient (Wildman–Crippen LogP) is 3.58. The van der Waals surface area contributed by atoms with E-state index in [4.69, 9.17) is 16.3 Å². The van der Waals surface area contributed by atoms with Crippen molar-refractivity contribution in [2.24, 2.45) is 4.99 Å². The zero-order valence-electron chi connectivity index (χ0n) is 15.1. The van der Waals surface area contributed by atoms with E-state index in [1.54, 1.807) is 12.1 Å². The minimum atomic E-state index is -0.551. The Balaban J connectivity index is 1.95. The highest BCUT2D eigenvalue weighted by Crippen LogP contribution is 2.25. The summed E-state index contributed by atoms with van der Waals surface area (Å²) in [4.78, 5) is 38.7. The molecule has 0 atom stereocenters. The number of esters is 1. The number of hydrogen-bond acceptors (Lipinski definition) is 6. The van der Waals surface area contributed by atoms with Gasteiger partial charge in [-0.1, -0.05) is 29.0 Å². The predicted molar refractivity (Wildman–Crippen MR) is 110 cm³/mol. The summed E-state index contributed by atoms with van der Waals surface area (Å²) in [6, 6.07) is 11.0. The van der Waals surface area contributed by atoms with Crippen molar-refractivity contribution in [3.8, 4) is 0 Å². The number of carbonyl (C=O) groups excluding carboxylic acids is 2. The lowest BCUT2D eigenvalue weighted by atomic mass is 10.2. The molecular weight excluding hydrogens is 418 g/mol. The number of carbonyl (C=O) groups is 2.